The van der Waals surface area contributed by atoms with Crippen molar-refractivity contribution in [2.24, 2.45) is 5.92 Å². The third-order valence-electron chi connectivity index (χ3n) is 2.28. The molecule has 58 valence electrons. The molecule has 1 N–H and O–H groups in total. The Bertz CT molecular complexity index is 124. The molecule has 0 spiro atoms. The van der Waals surface area contributed by atoms with Gasteiger partial charge in [-0.25, -0.2) is 0 Å². The highest BCUT2D eigenvalue weighted by molar-refractivity contribution is 4.77. The summed E-state index contributed by atoms with van der Waals surface area (Å²) in [5, 5.41) is 9.34. The van der Waals surface area contributed by atoms with Crippen LogP contribution in [0.1, 0.15) is 12.8 Å². The third-order valence-corrected chi connectivity index (χ3v) is 2.28. The average Bonchev–Trinajstić information content (AvgIpc) is 1.99. The van der Waals surface area contributed by atoms with E-state index in [9.17, 15) is 5.11 Å². The summed E-state index contributed by atoms with van der Waals surface area (Å²) < 4.78 is 10.5. The van der Waals surface area contributed by atoms with E-state index in [-0.39, 0.29) is 12.4 Å². The van der Waals surface area contributed by atoms with Crippen LogP contribution in [0.4, 0.5) is 0 Å². The first-order chi connectivity index (χ1) is 4.86. The summed E-state index contributed by atoms with van der Waals surface area (Å²) in [4.78, 5) is 0. The van der Waals surface area contributed by atoms with E-state index in [0.717, 1.165) is 19.4 Å². The zero-order chi connectivity index (χ0) is 6.97. The van der Waals surface area contributed by atoms with Gasteiger partial charge in [-0.2, -0.15) is 0 Å². The van der Waals surface area contributed by atoms with Gasteiger partial charge in [0.15, 0.2) is 6.29 Å². The largest absolute Gasteiger partial charge is 0.390 e. The lowest BCUT2D eigenvalue weighted by Gasteiger charge is -2.37. The number of hydrogen-bond donors (Lipinski definition) is 1. The molecule has 2 rings (SSSR count). The highest BCUT2D eigenvalue weighted by Gasteiger charge is 2.33. The van der Waals surface area contributed by atoms with Crippen LogP contribution in [0.15, 0.2) is 0 Å². The lowest BCUT2D eigenvalue weighted by molar-refractivity contribution is -0.231. The van der Waals surface area contributed by atoms with Crippen molar-refractivity contribution in [3.05, 3.63) is 0 Å². The molecule has 0 radical (unpaired) electrons. The second-order valence-corrected chi connectivity index (χ2v) is 2.99. The second-order valence-electron chi connectivity index (χ2n) is 2.99. The number of hydrogen-bond acceptors (Lipinski definition) is 3. The minimum atomic E-state index is -0.250. The molecule has 3 nitrogen and oxygen atoms in total. The predicted octanol–water partition coefficient (Wildman–Crippen LogP) is 0.130. The molecule has 2 saturated heterocycles. The maximum atomic E-state index is 9.34. The first kappa shape index (κ1) is 6.58. The van der Waals surface area contributed by atoms with Crippen LogP contribution in [0.25, 0.3) is 0 Å². The fraction of sp³-hybridized carbons (Fsp3) is 1.00. The summed E-state index contributed by atoms with van der Waals surface area (Å²) in [5.41, 5.74) is 0. The molecule has 2 fully saturated rings. The number of rotatable bonds is 0. The summed E-state index contributed by atoms with van der Waals surface area (Å²) in [6, 6.07) is 0. The van der Waals surface area contributed by atoms with Gasteiger partial charge < -0.3 is 14.6 Å². The average molecular weight is 144 g/mol. The Morgan fingerprint density at radius 1 is 1.30 bits per heavy atom. The van der Waals surface area contributed by atoms with Crippen LogP contribution >= 0.6 is 0 Å². The van der Waals surface area contributed by atoms with E-state index in [1.54, 1.807) is 0 Å². The van der Waals surface area contributed by atoms with E-state index in [1.165, 1.54) is 0 Å². The van der Waals surface area contributed by atoms with E-state index in [2.05, 4.69) is 0 Å². The molecular formula is C7H12O3. The van der Waals surface area contributed by atoms with Crippen LogP contribution in [0.3, 0.4) is 0 Å². The van der Waals surface area contributed by atoms with Gasteiger partial charge in [0, 0.05) is 6.42 Å². The van der Waals surface area contributed by atoms with Crippen molar-refractivity contribution in [1.29, 1.82) is 0 Å². The zero-order valence-corrected chi connectivity index (χ0v) is 5.82. The molecule has 0 aliphatic carbocycles. The van der Waals surface area contributed by atoms with Crippen LogP contribution in [0, 0.1) is 5.92 Å². The van der Waals surface area contributed by atoms with E-state index in [4.69, 9.17) is 9.47 Å². The molecule has 2 aliphatic heterocycles. The Hall–Kier alpha value is -0.120. The van der Waals surface area contributed by atoms with Gasteiger partial charge in [-0.1, -0.05) is 0 Å². The Balaban J connectivity index is 2.00. The minimum Gasteiger partial charge on any atom is -0.390 e. The van der Waals surface area contributed by atoms with Crippen molar-refractivity contribution in [3.8, 4) is 0 Å². The molecule has 0 aromatic rings. The van der Waals surface area contributed by atoms with E-state index < -0.39 is 0 Å². The highest BCUT2D eigenvalue weighted by Crippen LogP contribution is 2.28. The Labute approximate surface area is 59.9 Å². The van der Waals surface area contributed by atoms with Gasteiger partial charge in [0.1, 0.15) is 0 Å². The quantitative estimate of drug-likeness (QED) is 0.525. The summed E-state index contributed by atoms with van der Waals surface area (Å²) in [6.45, 7) is 1.20. The summed E-state index contributed by atoms with van der Waals surface area (Å²) in [5.74, 6) is 0.424. The smallest absolute Gasteiger partial charge is 0.158 e. The molecule has 2 aliphatic rings. The fourth-order valence-corrected chi connectivity index (χ4v) is 1.59. The lowest BCUT2D eigenvalue weighted by Crippen LogP contribution is -2.42. The van der Waals surface area contributed by atoms with Crippen LogP contribution < -0.4 is 0 Å². The van der Waals surface area contributed by atoms with Crippen LogP contribution in [-0.4, -0.2) is 30.7 Å². The Morgan fingerprint density at radius 3 is 3.00 bits per heavy atom. The van der Waals surface area contributed by atoms with Crippen LogP contribution in [0.5, 0.6) is 0 Å². The second kappa shape index (κ2) is 2.49. The molecular weight excluding hydrogens is 132 g/mol. The number of fused-ring (bicyclic) bond motifs is 2. The van der Waals surface area contributed by atoms with Gasteiger partial charge in [0.05, 0.1) is 19.3 Å². The maximum absolute atomic E-state index is 9.34. The maximum Gasteiger partial charge on any atom is 0.158 e. The Morgan fingerprint density at radius 2 is 2.20 bits per heavy atom. The van der Waals surface area contributed by atoms with Gasteiger partial charge in [-0.3, -0.25) is 0 Å². The van der Waals surface area contributed by atoms with Crippen molar-refractivity contribution in [3.63, 3.8) is 0 Å². The van der Waals surface area contributed by atoms with Crippen molar-refractivity contribution < 1.29 is 14.6 Å². The van der Waals surface area contributed by atoms with E-state index >= 15 is 0 Å². The topological polar surface area (TPSA) is 38.7 Å². The molecule has 3 atom stereocenters. The van der Waals surface area contributed by atoms with Crippen molar-refractivity contribution in [1.82, 2.24) is 0 Å². The summed E-state index contributed by atoms with van der Waals surface area (Å²) in [6.07, 6.45) is 1.59. The number of aliphatic hydroxyl groups excluding tert-OH is 1. The van der Waals surface area contributed by atoms with Crippen molar-refractivity contribution >= 4 is 0 Å². The predicted molar refractivity (Wildman–Crippen MR) is 34.4 cm³/mol. The van der Waals surface area contributed by atoms with Crippen molar-refractivity contribution in [2.45, 2.75) is 25.2 Å². The normalized spacial score (nSPS) is 47.1. The monoisotopic (exact) mass is 144 g/mol. The Kier molecular flexibility index (Phi) is 1.64. The SMILES string of the molecule is OC1CO[C@@H]2C[C@H]1CCO2. The van der Waals surface area contributed by atoms with E-state index in [0.29, 0.717) is 12.5 Å². The summed E-state index contributed by atoms with van der Waals surface area (Å²) >= 11 is 0. The number of aliphatic hydroxyl groups is 1. The molecule has 0 aromatic heterocycles. The number of ether oxygens (including phenoxy) is 2. The first-order valence-corrected chi connectivity index (χ1v) is 3.77. The standard InChI is InChI=1S/C7H12O3/c8-6-4-10-7-3-5(6)1-2-9-7/h5-8H,1-4H2/t5-,6?,7-/m1/s1. The van der Waals surface area contributed by atoms with Crippen LogP contribution in [0.2, 0.25) is 0 Å². The molecule has 0 saturated carbocycles. The lowest BCUT2D eigenvalue weighted by atomic mass is 9.92. The molecule has 2 bridgehead atoms. The van der Waals surface area contributed by atoms with Gasteiger partial charge >= 0.3 is 0 Å². The molecule has 0 aromatic carbocycles. The minimum absolute atomic E-state index is 0.0258. The van der Waals surface area contributed by atoms with Gasteiger partial charge in [0.2, 0.25) is 0 Å². The first-order valence-electron chi connectivity index (χ1n) is 3.77. The molecule has 2 heterocycles. The summed E-state index contributed by atoms with van der Waals surface area (Å²) in [7, 11) is 0. The van der Waals surface area contributed by atoms with Crippen LogP contribution in [-0.2, 0) is 9.47 Å². The zero-order valence-electron chi connectivity index (χ0n) is 5.82. The molecule has 0 amide bonds. The van der Waals surface area contributed by atoms with E-state index in [1.807, 2.05) is 0 Å². The fourth-order valence-electron chi connectivity index (χ4n) is 1.59. The van der Waals surface area contributed by atoms with Gasteiger partial charge in [-0.05, 0) is 12.3 Å². The highest BCUT2D eigenvalue weighted by atomic mass is 16.7. The molecule has 10 heavy (non-hydrogen) atoms. The van der Waals surface area contributed by atoms with Gasteiger partial charge in [-0.15, -0.1) is 0 Å². The molecule has 1 unspecified atom stereocenters. The van der Waals surface area contributed by atoms with Crippen molar-refractivity contribution in [2.75, 3.05) is 13.2 Å². The molecule has 3 heteroatoms. The third kappa shape index (κ3) is 1.05. The van der Waals surface area contributed by atoms with Gasteiger partial charge in [0.25, 0.3) is 0 Å².